The van der Waals surface area contributed by atoms with E-state index < -0.39 is 0 Å². The second-order valence-electron chi connectivity index (χ2n) is 3.64. The van der Waals surface area contributed by atoms with Crippen LogP contribution in [-0.2, 0) is 0 Å². The molecular weight excluding hydrogens is 280 g/mol. The molecule has 2 nitrogen and oxygen atoms in total. The molecule has 0 saturated carbocycles. The number of rotatable bonds is 3. The van der Waals surface area contributed by atoms with Crippen molar-refractivity contribution in [3.63, 3.8) is 0 Å². The Hall–Kier alpha value is -0.440. The predicted molar refractivity (Wildman–Crippen MR) is 73.5 cm³/mol. The minimum Gasteiger partial charge on any atom is -0.339 e. The van der Waals surface area contributed by atoms with Crippen molar-refractivity contribution in [2.75, 3.05) is 13.1 Å². The summed E-state index contributed by atoms with van der Waals surface area (Å²) in [6.45, 7) is 6.82. The van der Waals surface area contributed by atoms with Crippen molar-refractivity contribution in [1.29, 1.82) is 0 Å². The van der Waals surface area contributed by atoms with Crippen LogP contribution in [-0.4, -0.2) is 23.9 Å². The van der Waals surface area contributed by atoms with Crippen molar-refractivity contribution in [3.05, 3.63) is 32.3 Å². The van der Waals surface area contributed by atoms with Crippen molar-refractivity contribution in [1.82, 2.24) is 4.90 Å². The van der Waals surface area contributed by atoms with E-state index in [-0.39, 0.29) is 10.9 Å². The molecule has 0 radical (unpaired) electrons. The zero-order valence-electron chi connectivity index (χ0n) is 9.98. The molecule has 1 amide bonds. The Morgan fingerprint density at radius 2 is 1.71 bits per heavy atom. The van der Waals surface area contributed by atoms with Crippen LogP contribution >= 0.6 is 34.8 Å². The van der Waals surface area contributed by atoms with Gasteiger partial charge in [0.2, 0.25) is 0 Å². The van der Waals surface area contributed by atoms with Gasteiger partial charge in [0.25, 0.3) is 5.91 Å². The third-order valence-corrected chi connectivity index (χ3v) is 4.02. The summed E-state index contributed by atoms with van der Waals surface area (Å²) in [7, 11) is 0. The van der Waals surface area contributed by atoms with Gasteiger partial charge in [0.15, 0.2) is 0 Å². The average molecular weight is 295 g/mol. The van der Waals surface area contributed by atoms with E-state index in [0.29, 0.717) is 34.3 Å². The maximum atomic E-state index is 12.2. The summed E-state index contributed by atoms with van der Waals surface area (Å²) >= 11 is 18.1. The van der Waals surface area contributed by atoms with Gasteiger partial charge >= 0.3 is 0 Å². The number of halogens is 3. The van der Waals surface area contributed by atoms with Crippen LogP contribution in [0.3, 0.4) is 0 Å². The zero-order valence-corrected chi connectivity index (χ0v) is 12.2. The first-order valence-electron chi connectivity index (χ1n) is 5.37. The highest BCUT2D eigenvalue weighted by atomic mass is 35.5. The van der Waals surface area contributed by atoms with Crippen molar-refractivity contribution >= 4 is 40.7 Å². The highest BCUT2D eigenvalue weighted by molar-refractivity contribution is 6.45. The molecule has 0 aromatic heterocycles. The van der Waals surface area contributed by atoms with Crippen molar-refractivity contribution in [2.24, 2.45) is 0 Å². The van der Waals surface area contributed by atoms with E-state index in [4.69, 9.17) is 34.8 Å². The minimum absolute atomic E-state index is 0.149. The van der Waals surface area contributed by atoms with Crippen LogP contribution in [0, 0.1) is 6.92 Å². The predicted octanol–water partition coefficient (Wildman–Crippen LogP) is 4.44. The summed E-state index contributed by atoms with van der Waals surface area (Å²) in [5, 5.41) is 1.06. The maximum absolute atomic E-state index is 12.2. The number of carbonyl (C=O) groups excluding carboxylic acids is 1. The third kappa shape index (κ3) is 2.87. The van der Waals surface area contributed by atoms with Gasteiger partial charge in [-0.2, -0.15) is 0 Å². The van der Waals surface area contributed by atoms with Crippen LogP contribution in [0.5, 0.6) is 0 Å². The minimum atomic E-state index is -0.149. The van der Waals surface area contributed by atoms with E-state index in [1.54, 1.807) is 17.9 Å². The van der Waals surface area contributed by atoms with Gasteiger partial charge in [-0.1, -0.05) is 34.8 Å². The lowest BCUT2D eigenvalue weighted by molar-refractivity contribution is 0.0773. The quantitative estimate of drug-likeness (QED) is 0.755. The van der Waals surface area contributed by atoms with Crippen molar-refractivity contribution in [3.8, 4) is 0 Å². The lowest BCUT2D eigenvalue weighted by atomic mass is 10.1. The number of carbonyl (C=O) groups is 1. The monoisotopic (exact) mass is 293 g/mol. The molecule has 94 valence electrons. The van der Waals surface area contributed by atoms with E-state index in [0.717, 1.165) is 0 Å². The first-order valence-corrected chi connectivity index (χ1v) is 6.50. The SMILES string of the molecule is CCN(CC)C(=O)c1cc(Cl)c(C)c(Cl)c1Cl. The number of amides is 1. The van der Waals surface area contributed by atoms with Crippen LogP contribution in [0.25, 0.3) is 0 Å². The molecule has 0 heterocycles. The Kier molecular flexibility index (Phi) is 5.11. The van der Waals surface area contributed by atoms with E-state index in [9.17, 15) is 4.79 Å². The second-order valence-corrected chi connectivity index (χ2v) is 4.80. The molecule has 1 aromatic carbocycles. The highest BCUT2D eigenvalue weighted by Crippen LogP contribution is 2.34. The first kappa shape index (κ1) is 14.6. The fraction of sp³-hybridized carbons (Fsp3) is 0.417. The molecular formula is C12H14Cl3NO. The number of nitrogens with zero attached hydrogens (tertiary/aromatic N) is 1. The molecule has 0 bridgehead atoms. The second kappa shape index (κ2) is 5.94. The molecule has 0 spiro atoms. The van der Waals surface area contributed by atoms with Crippen molar-refractivity contribution < 1.29 is 4.79 Å². The molecule has 5 heteroatoms. The van der Waals surface area contributed by atoms with Gasteiger partial charge in [-0.3, -0.25) is 4.79 Å². The Balaban J connectivity index is 3.28. The van der Waals surface area contributed by atoms with Gasteiger partial charge in [0.1, 0.15) is 0 Å². The first-order chi connectivity index (χ1) is 7.93. The summed E-state index contributed by atoms with van der Waals surface area (Å²) in [4.78, 5) is 13.8. The summed E-state index contributed by atoms with van der Waals surface area (Å²) in [5.74, 6) is -0.149. The lowest BCUT2D eigenvalue weighted by Crippen LogP contribution is -2.30. The van der Waals surface area contributed by atoms with E-state index in [2.05, 4.69) is 0 Å². The zero-order chi connectivity index (χ0) is 13.2. The molecule has 0 aliphatic carbocycles. The standard InChI is InChI=1S/C12H14Cl3NO/c1-4-16(5-2)12(17)8-6-9(13)7(3)10(14)11(8)15/h6H,4-5H2,1-3H3. The van der Waals surface area contributed by atoms with E-state index in [1.165, 1.54) is 0 Å². The van der Waals surface area contributed by atoms with E-state index >= 15 is 0 Å². The fourth-order valence-corrected chi connectivity index (χ4v) is 2.26. The van der Waals surface area contributed by atoms with Gasteiger partial charge in [-0.05, 0) is 32.4 Å². The van der Waals surface area contributed by atoms with Crippen LogP contribution in [0.1, 0.15) is 29.8 Å². The summed E-state index contributed by atoms with van der Waals surface area (Å²) < 4.78 is 0. The fourth-order valence-electron chi connectivity index (χ4n) is 1.52. The van der Waals surface area contributed by atoms with Gasteiger partial charge in [-0.15, -0.1) is 0 Å². The Morgan fingerprint density at radius 1 is 1.18 bits per heavy atom. The van der Waals surface area contributed by atoms with Gasteiger partial charge < -0.3 is 4.90 Å². The molecule has 0 aliphatic heterocycles. The molecule has 0 saturated heterocycles. The number of benzene rings is 1. The summed E-state index contributed by atoms with van der Waals surface area (Å²) in [6.07, 6.45) is 0. The molecule has 0 unspecified atom stereocenters. The summed E-state index contributed by atoms with van der Waals surface area (Å²) in [6, 6.07) is 1.58. The van der Waals surface area contributed by atoms with Gasteiger partial charge in [0.05, 0.1) is 15.6 Å². The number of hydrogen-bond acceptors (Lipinski definition) is 1. The molecule has 0 atom stereocenters. The highest BCUT2D eigenvalue weighted by Gasteiger charge is 2.20. The Bertz CT molecular complexity index is 442. The largest absolute Gasteiger partial charge is 0.339 e. The van der Waals surface area contributed by atoms with Gasteiger partial charge in [0, 0.05) is 18.1 Å². The van der Waals surface area contributed by atoms with Crippen molar-refractivity contribution in [2.45, 2.75) is 20.8 Å². The van der Waals surface area contributed by atoms with Crippen LogP contribution in [0.4, 0.5) is 0 Å². The average Bonchev–Trinajstić information content (AvgIpc) is 2.32. The molecule has 0 fully saturated rings. The smallest absolute Gasteiger partial charge is 0.255 e. The topological polar surface area (TPSA) is 20.3 Å². The molecule has 0 N–H and O–H groups in total. The lowest BCUT2D eigenvalue weighted by Gasteiger charge is -2.20. The summed E-state index contributed by atoms with van der Waals surface area (Å²) in [5.41, 5.74) is 1.05. The van der Waals surface area contributed by atoms with Gasteiger partial charge in [-0.25, -0.2) is 0 Å². The number of hydrogen-bond donors (Lipinski definition) is 0. The molecule has 1 aromatic rings. The van der Waals surface area contributed by atoms with Crippen LogP contribution in [0.15, 0.2) is 6.07 Å². The Labute approximate surface area is 116 Å². The maximum Gasteiger partial charge on any atom is 0.255 e. The molecule has 0 aliphatic rings. The molecule has 17 heavy (non-hydrogen) atoms. The van der Waals surface area contributed by atoms with E-state index in [1.807, 2.05) is 13.8 Å². The third-order valence-electron chi connectivity index (χ3n) is 2.67. The van der Waals surface area contributed by atoms with Crippen LogP contribution in [0.2, 0.25) is 15.1 Å². The normalized spacial score (nSPS) is 10.5. The molecule has 1 rings (SSSR count). The van der Waals surface area contributed by atoms with Crippen LogP contribution < -0.4 is 0 Å². The Morgan fingerprint density at radius 3 is 2.18 bits per heavy atom.